The molecule has 0 aliphatic carbocycles. The molecule has 2 aromatic carbocycles. The molecule has 0 bridgehead atoms. The van der Waals surface area contributed by atoms with Crippen molar-refractivity contribution >= 4 is 23.3 Å². The molecule has 1 saturated heterocycles. The first-order valence-corrected chi connectivity index (χ1v) is 9.17. The summed E-state index contributed by atoms with van der Waals surface area (Å²) < 4.78 is 45.0. The number of hydrogen-bond donors (Lipinski definition) is 3. The van der Waals surface area contributed by atoms with Crippen molar-refractivity contribution in [2.45, 2.75) is 6.18 Å². The van der Waals surface area contributed by atoms with Crippen LogP contribution in [0.4, 0.5) is 24.5 Å². The summed E-state index contributed by atoms with van der Waals surface area (Å²) in [5.74, 6) is -2.26. The van der Waals surface area contributed by atoms with E-state index in [1.54, 1.807) is 24.3 Å². The van der Waals surface area contributed by atoms with Gasteiger partial charge >= 0.3 is 12.1 Å². The summed E-state index contributed by atoms with van der Waals surface area (Å²) in [4.78, 5) is 25.2. The average Bonchev–Trinajstić information content (AvgIpc) is 2.73. The monoisotopic (exact) mass is 423 g/mol. The third-order valence-corrected chi connectivity index (χ3v) is 4.52. The first-order valence-electron chi connectivity index (χ1n) is 9.17. The van der Waals surface area contributed by atoms with E-state index >= 15 is 0 Å². The summed E-state index contributed by atoms with van der Waals surface area (Å²) in [6, 6.07) is 9.50. The van der Waals surface area contributed by atoms with Crippen LogP contribution in [0.2, 0.25) is 0 Å². The lowest BCUT2D eigenvalue weighted by atomic mass is 10.1. The van der Waals surface area contributed by atoms with Gasteiger partial charge < -0.3 is 25.4 Å². The van der Waals surface area contributed by atoms with Gasteiger partial charge in [0.1, 0.15) is 5.75 Å². The fourth-order valence-electron chi connectivity index (χ4n) is 3.04. The highest BCUT2D eigenvalue weighted by atomic mass is 19.4. The van der Waals surface area contributed by atoms with Crippen LogP contribution in [-0.4, -0.2) is 49.8 Å². The van der Waals surface area contributed by atoms with Crippen molar-refractivity contribution in [2.24, 2.45) is 0 Å². The zero-order valence-electron chi connectivity index (χ0n) is 15.8. The largest absolute Gasteiger partial charge is 0.482 e. The minimum Gasteiger partial charge on any atom is -0.482 e. The fourth-order valence-corrected chi connectivity index (χ4v) is 3.04. The number of carboxylic acid groups (broad SMARTS) is 1. The molecule has 0 saturated carbocycles. The van der Waals surface area contributed by atoms with E-state index in [0.29, 0.717) is 6.07 Å². The molecular weight excluding hydrogens is 403 g/mol. The number of nitrogens with zero attached hydrogens (tertiary/aromatic N) is 1. The van der Waals surface area contributed by atoms with Gasteiger partial charge in [0.2, 0.25) is 0 Å². The summed E-state index contributed by atoms with van der Waals surface area (Å²) in [6.45, 7) is 2.60. The molecule has 7 nitrogen and oxygen atoms in total. The first-order chi connectivity index (χ1) is 14.2. The van der Waals surface area contributed by atoms with Crippen molar-refractivity contribution in [1.29, 1.82) is 0 Å². The van der Waals surface area contributed by atoms with Gasteiger partial charge in [-0.05, 0) is 42.5 Å². The van der Waals surface area contributed by atoms with Crippen molar-refractivity contribution in [3.63, 3.8) is 0 Å². The summed E-state index contributed by atoms with van der Waals surface area (Å²) in [7, 11) is 0. The Morgan fingerprint density at radius 2 is 1.77 bits per heavy atom. The molecule has 30 heavy (non-hydrogen) atoms. The van der Waals surface area contributed by atoms with Crippen LogP contribution in [0.1, 0.15) is 15.9 Å². The minimum absolute atomic E-state index is 0.216. The van der Waals surface area contributed by atoms with Crippen molar-refractivity contribution in [1.82, 2.24) is 5.32 Å². The zero-order valence-corrected chi connectivity index (χ0v) is 15.8. The Bertz CT molecular complexity index is 911. The van der Waals surface area contributed by atoms with E-state index in [4.69, 9.17) is 9.84 Å². The Morgan fingerprint density at radius 3 is 2.37 bits per heavy atom. The Hall–Kier alpha value is -3.27. The predicted molar refractivity (Wildman–Crippen MR) is 104 cm³/mol. The number of alkyl halides is 3. The quantitative estimate of drug-likeness (QED) is 0.662. The van der Waals surface area contributed by atoms with Gasteiger partial charge in [0.15, 0.2) is 6.61 Å². The van der Waals surface area contributed by atoms with Crippen LogP contribution < -0.4 is 20.3 Å². The topological polar surface area (TPSA) is 90.9 Å². The Kier molecular flexibility index (Phi) is 6.46. The number of halogens is 3. The van der Waals surface area contributed by atoms with E-state index in [0.717, 1.165) is 37.9 Å². The van der Waals surface area contributed by atoms with Gasteiger partial charge in [-0.2, -0.15) is 13.2 Å². The molecule has 1 heterocycles. The van der Waals surface area contributed by atoms with E-state index < -0.39 is 35.9 Å². The van der Waals surface area contributed by atoms with E-state index in [9.17, 15) is 22.8 Å². The average molecular weight is 423 g/mol. The number of ether oxygens (including phenoxy) is 1. The highest BCUT2D eigenvalue weighted by Crippen LogP contribution is 2.37. The van der Waals surface area contributed by atoms with Crippen molar-refractivity contribution < 1.29 is 32.6 Å². The molecule has 10 heteroatoms. The minimum atomic E-state index is -4.77. The number of amides is 1. The Morgan fingerprint density at radius 1 is 1.10 bits per heavy atom. The first kappa shape index (κ1) is 21.4. The lowest BCUT2D eigenvalue weighted by Crippen LogP contribution is -2.43. The van der Waals surface area contributed by atoms with Gasteiger partial charge in [0, 0.05) is 37.4 Å². The third-order valence-electron chi connectivity index (χ3n) is 4.52. The Balaban J connectivity index is 1.75. The highest BCUT2D eigenvalue weighted by molar-refractivity contribution is 6.05. The molecule has 0 unspecified atom stereocenters. The second kappa shape index (κ2) is 9.04. The van der Waals surface area contributed by atoms with Crippen molar-refractivity contribution in [3.8, 4) is 5.75 Å². The zero-order chi connectivity index (χ0) is 21.7. The molecule has 0 aromatic heterocycles. The number of aliphatic carboxylic acids is 1. The molecule has 1 aliphatic rings. The molecule has 3 rings (SSSR count). The summed E-state index contributed by atoms with van der Waals surface area (Å²) in [6.07, 6.45) is -4.77. The van der Waals surface area contributed by atoms with Gasteiger partial charge in [0.25, 0.3) is 5.91 Å². The van der Waals surface area contributed by atoms with Gasteiger partial charge in [-0.1, -0.05) is 0 Å². The molecule has 1 fully saturated rings. The molecule has 0 spiro atoms. The maximum atomic E-state index is 13.4. The number of carbonyl (C=O) groups excluding carboxylic acids is 1. The van der Waals surface area contributed by atoms with E-state index in [1.807, 2.05) is 0 Å². The van der Waals surface area contributed by atoms with Crippen molar-refractivity contribution in [3.05, 3.63) is 53.6 Å². The number of rotatable bonds is 6. The van der Waals surface area contributed by atoms with Crippen molar-refractivity contribution in [2.75, 3.05) is 43.0 Å². The van der Waals surface area contributed by atoms with Crippen LogP contribution >= 0.6 is 0 Å². The standard InChI is InChI=1S/C20H20F3N3O4/c21-20(22,23)16-11-15(30-12-18(27)28)5-6-17(16)25-19(29)13-1-3-14(4-2-13)26-9-7-24-8-10-26/h1-6,11,24H,7-10,12H2,(H,25,29)(H,27,28). The van der Waals surface area contributed by atoms with Gasteiger partial charge in [-0.3, -0.25) is 4.79 Å². The number of carboxylic acids is 1. The van der Waals surface area contributed by atoms with Gasteiger partial charge in [0.05, 0.1) is 11.3 Å². The maximum Gasteiger partial charge on any atom is 0.418 e. The molecule has 160 valence electrons. The normalized spacial score (nSPS) is 14.3. The van der Waals surface area contributed by atoms with E-state index in [-0.39, 0.29) is 11.3 Å². The molecule has 0 atom stereocenters. The lowest BCUT2D eigenvalue weighted by molar-refractivity contribution is -0.139. The second-order valence-electron chi connectivity index (χ2n) is 6.63. The number of piperazine rings is 1. The van der Waals surface area contributed by atoms with Crippen LogP contribution in [0.3, 0.4) is 0 Å². The Labute approximate surface area is 170 Å². The van der Waals surface area contributed by atoms with Crippen LogP contribution in [0.5, 0.6) is 5.75 Å². The number of hydrogen-bond acceptors (Lipinski definition) is 5. The van der Waals surface area contributed by atoms with E-state index in [2.05, 4.69) is 15.5 Å². The number of nitrogens with one attached hydrogen (secondary N) is 2. The van der Waals surface area contributed by atoms with Crippen LogP contribution in [-0.2, 0) is 11.0 Å². The lowest BCUT2D eigenvalue weighted by Gasteiger charge is -2.29. The number of benzene rings is 2. The maximum absolute atomic E-state index is 13.4. The molecule has 3 N–H and O–H groups in total. The summed E-state index contributed by atoms with van der Waals surface area (Å²) >= 11 is 0. The number of anilines is 2. The van der Waals surface area contributed by atoms with E-state index in [1.165, 1.54) is 6.07 Å². The predicted octanol–water partition coefficient (Wildman–Crippen LogP) is 2.83. The molecular formula is C20H20F3N3O4. The molecule has 1 aliphatic heterocycles. The highest BCUT2D eigenvalue weighted by Gasteiger charge is 2.34. The van der Waals surface area contributed by atoms with Gasteiger partial charge in [-0.15, -0.1) is 0 Å². The fraction of sp³-hybridized carbons (Fsp3) is 0.300. The molecule has 0 radical (unpaired) electrons. The molecule has 1 amide bonds. The smallest absolute Gasteiger partial charge is 0.418 e. The number of carbonyl (C=O) groups is 2. The van der Waals surface area contributed by atoms with Crippen LogP contribution in [0.15, 0.2) is 42.5 Å². The summed E-state index contributed by atoms with van der Waals surface area (Å²) in [5, 5.41) is 14.1. The third kappa shape index (κ3) is 5.41. The van der Waals surface area contributed by atoms with Crippen LogP contribution in [0, 0.1) is 0 Å². The molecule has 2 aromatic rings. The summed E-state index contributed by atoms with van der Waals surface area (Å²) in [5.41, 5.74) is -0.422. The van der Waals surface area contributed by atoms with Gasteiger partial charge in [-0.25, -0.2) is 4.79 Å². The SMILES string of the molecule is O=C(O)COc1ccc(NC(=O)c2ccc(N3CCNCC3)cc2)c(C(F)(F)F)c1. The second-order valence-corrected chi connectivity index (χ2v) is 6.63. The van der Waals surface area contributed by atoms with Crippen LogP contribution in [0.25, 0.3) is 0 Å².